The molecule has 150 valence electrons. The lowest BCUT2D eigenvalue weighted by atomic mass is 9.95. The zero-order valence-corrected chi connectivity index (χ0v) is 18.1. The molecule has 1 aliphatic heterocycles. The average molecular weight is 419 g/mol. The fraction of sp³-hybridized carbons (Fsp3) is 0.435. The number of rotatable bonds is 6. The Kier molecular flexibility index (Phi) is 7.39. The number of likely N-dealkylation sites (tertiary alicyclic amines) is 1. The Morgan fingerprint density at radius 3 is 2.46 bits per heavy atom. The van der Waals surface area contributed by atoms with E-state index in [4.69, 9.17) is 23.2 Å². The van der Waals surface area contributed by atoms with Crippen molar-refractivity contribution >= 4 is 34.8 Å². The van der Waals surface area contributed by atoms with Gasteiger partial charge in [0.2, 0.25) is 5.91 Å². The van der Waals surface area contributed by atoms with Crippen molar-refractivity contribution in [2.45, 2.75) is 46.1 Å². The van der Waals surface area contributed by atoms with E-state index in [-0.39, 0.29) is 11.8 Å². The first kappa shape index (κ1) is 21.2. The monoisotopic (exact) mass is 418 g/mol. The van der Waals surface area contributed by atoms with Crippen molar-refractivity contribution in [3.63, 3.8) is 0 Å². The highest BCUT2D eigenvalue weighted by molar-refractivity contribution is 6.35. The van der Waals surface area contributed by atoms with Crippen LogP contribution >= 0.6 is 23.2 Å². The van der Waals surface area contributed by atoms with Gasteiger partial charge >= 0.3 is 0 Å². The van der Waals surface area contributed by atoms with Crippen LogP contribution in [0.5, 0.6) is 0 Å². The SMILES string of the molecule is CCc1cccc(CC)c1NC(=O)C1CCCN(Cc2ccc(Cl)cc2Cl)C1. The molecule has 2 aromatic rings. The Balaban J connectivity index is 1.68. The van der Waals surface area contributed by atoms with Crippen LogP contribution in [-0.4, -0.2) is 23.9 Å². The minimum atomic E-state index is -0.00514. The Morgan fingerprint density at radius 1 is 1.11 bits per heavy atom. The van der Waals surface area contributed by atoms with Crippen LogP contribution < -0.4 is 5.32 Å². The summed E-state index contributed by atoms with van der Waals surface area (Å²) in [4.78, 5) is 15.3. The van der Waals surface area contributed by atoms with Gasteiger partial charge in [-0.15, -0.1) is 0 Å². The van der Waals surface area contributed by atoms with E-state index in [9.17, 15) is 4.79 Å². The van der Waals surface area contributed by atoms with E-state index in [0.29, 0.717) is 10.0 Å². The number of nitrogens with one attached hydrogen (secondary N) is 1. The van der Waals surface area contributed by atoms with Crippen LogP contribution in [0.15, 0.2) is 36.4 Å². The molecule has 5 heteroatoms. The molecule has 1 unspecified atom stereocenters. The molecule has 0 aliphatic carbocycles. The van der Waals surface area contributed by atoms with Gasteiger partial charge in [0.15, 0.2) is 0 Å². The van der Waals surface area contributed by atoms with E-state index < -0.39 is 0 Å². The van der Waals surface area contributed by atoms with Crippen LogP contribution in [0.4, 0.5) is 5.69 Å². The smallest absolute Gasteiger partial charge is 0.228 e. The van der Waals surface area contributed by atoms with E-state index in [1.54, 1.807) is 6.07 Å². The van der Waals surface area contributed by atoms with Gasteiger partial charge in [-0.05, 0) is 61.1 Å². The van der Waals surface area contributed by atoms with Crippen LogP contribution in [0.3, 0.4) is 0 Å². The van der Waals surface area contributed by atoms with Crippen LogP contribution in [0.2, 0.25) is 10.0 Å². The predicted molar refractivity (Wildman–Crippen MR) is 118 cm³/mol. The van der Waals surface area contributed by atoms with Gasteiger partial charge in [0, 0.05) is 28.8 Å². The second kappa shape index (κ2) is 9.78. The van der Waals surface area contributed by atoms with Crippen molar-refractivity contribution in [1.82, 2.24) is 4.90 Å². The third-order valence-corrected chi connectivity index (χ3v) is 6.12. The first-order chi connectivity index (χ1) is 13.5. The molecule has 3 nitrogen and oxygen atoms in total. The highest BCUT2D eigenvalue weighted by Gasteiger charge is 2.27. The number of anilines is 1. The van der Waals surface area contributed by atoms with Gasteiger partial charge in [-0.3, -0.25) is 9.69 Å². The molecule has 0 saturated carbocycles. The number of benzene rings is 2. The maximum atomic E-state index is 13.0. The highest BCUT2D eigenvalue weighted by Crippen LogP contribution is 2.27. The number of aryl methyl sites for hydroxylation is 2. The zero-order valence-electron chi connectivity index (χ0n) is 16.6. The lowest BCUT2D eigenvalue weighted by Crippen LogP contribution is -2.40. The van der Waals surface area contributed by atoms with Gasteiger partial charge in [-0.25, -0.2) is 0 Å². The molecule has 0 bridgehead atoms. The lowest BCUT2D eigenvalue weighted by molar-refractivity contribution is -0.121. The van der Waals surface area contributed by atoms with Gasteiger partial charge < -0.3 is 5.32 Å². The molecule has 2 aromatic carbocycles. The summed E-state index contributed by atoms with van der Waals surface area (Å²) in [6.07, 6.45) is 3.76. The number of nitrogens with zero attached hydrogens (tertiary/aromatic N) is 1. The van der Waals surface area contributed by atoms with E-state index in [1.807, 2.05) is 12.1 Å². The quantitative estimate of drug-likeness (QED) is 0.626. The van der Waals surface area contributed by atoms with Crippen molar-refractivity contribution in [3.05, 3.63) is 63.1 Å². The minimum Gasteiger partial charge on any atom is -0.325 e. The molecule has 0 aromatic heterocycles. The molecule has 0 spiro atoms. The van der Waals surface area contributed by atoms with Gasteiger partial charge in [0.25, 0.3) is 0 Å². The molecule has 0 radical (unpaired) electrons. The van der Waals surface area contributed by atoms with E-state index in [2.05, 4.69) is 42.3 Å². The number of hydrogen-bond donors (Lipinski definition) is 1. The third-order valence-electron chi connectivity index (χ3n) is 5.53. The van der Waals surface area contributed by atoms with E-state index >= 15 is 0 Å². The number of piperidine rings is 1. The maximum absolute atomic E-state index is 13.0. The van der Waals surface area contributed by atoms with Crippen LogP contribution in [0, 0.1) is 5.92 Å². The highest BCUT2D eigenvalue weighted by atomic mass is 35.5. The van der Waals surface area contributed by atoms with Crippen LogP contribution in [0.25, 0.3) is 0 Å². The Labute approximate surface area is 178 Å². The fourth-order valence-corrected chi connectivity index (χ4v) is 4.40. The summed E-state index contributed by atoms with van der Waals surface area (Å²) in [5.74, 6) is 0.122. The minimum absolute atomic E-state index is 0.00514. The molecule has 1 fully saturated rings. The second-order valence-electron chi connectivity index (χ2n) is 7.46. The number of para-hydroxylation sites is 1. The van der Waals surface area contributed by atoms with Crippen molar-refractivity contribution in [2.24, 2.45) is 5.92 Å². The summed E-state index contributed by atoms with van der Waals surface area (Å²) in [6, 6.07) is 11.9. The maximum Gasteiger partial charge on any atom is 0.228 e. The molecular formula is C23H28Cl2N2O. The second-order valence-corrected chi connectivity index (χ2v) is 8.30. The molecule has 1 N–H and O–H groups in total. The number of carbonyl (C=O) groups excluding carboxylic acids is 1. The molecule has 1 aliphatic rings. The van der Waals surface area contributed by atoms with Gasteiger partial charge in [0.1, 0.15) is 0 Å². The fourth-order valence-electron chi connectivity index (χ4n) is 3.93. The van der Waals surface area contributed by atoms with Crippen molar-refractivity contribution in [2.75, 3.05) is 18.4 Å². The molecule has 1 atom stereocenters. The van der Waals surface area contributed by atoms with E-state index in [0.717, 1.165) is 56.6 Å². The van der Waals surface area contributed by atoms with Gasteiger partial charge in [-0.2, -0.15) is 0 Å². The normalized spacial score (nSPS) is 17.5. The Morgan fingerprint density at radius 2 is 1.82 bits per heavy atom. The number of carbonyl (C=O) groups is 1. The standard InChI is InChI=1S/C23H28Cl2N2O/c1-3-16-7-5-8-17(4-2)22(16)26-23(28)19-9-6-12-27(15-19)14-18-10-11-20(24)13-21(18)25/h5,7-8,10-11,13,19H,3-4,6,9,12,14-15H2,1-2H3,(H,26,28). The van der Waals surface area contributed by atoms with Crippen molar-refractivity contribution < 1.29 is 4.79 Å². The molecule has 1 saturated heterocycles. The third kappa shape index (κ3) is 5.08. The molecule has 1 heterocycles. The summed E-state index contributed by atoms with van der Waals surface area (Å²) < 4.78 is 0. The summed E-state index contributed by atoms with van der Waals surface area (Å²) in [7, 11) is 0. The number of amides is 1. The summed E-state index contributed by atoms with van der Waals surface area (Å²) >= 11 is 12.3. The summed E-state index contributed by atoms with van der Waals surface area (Å²) in [5, 5.41) is 4.57. The first-order valence-corrected chi connectivity index (χ1v) is 10.8. The summed E-state index contributed by atoms with van der Waals surface area (Å²) in [5.41, 5.74) is 4.47. The number of halogens is 2. The van der Waals surface area contributed by atoms with Gasteiger partial charge in [0.05, 0.1) is 5.92 Å². The lowest BCUT2D eigenvalue weighted by Gasteiger charge is -2.32. The molecule has 3 rings (SSSR count). The number of hydrogen-bond acceptors (Lipinski definition) is 2. The first-order valence-electron chi connectivity index (χ1n) is 10.1. The topological polar surface area (TPSA) is 32.3 Å². The Bertz CT molecular complexity index is 815. The largest absolute Gasteiger partial charge is 0.325 e. The van der Waals surface area contributed by atoms with Gasteiger partial charge in [-0.1, -0.05) is 61.3 Å². The van der Waals surface area contributed by atoms with Crippen LogP contribution in [-0.2, 0) is 24.2 Å². The van der Waals surface area contributed by atoms with Crippen molar-refractivity contribution in [3.8, 4) is 0 Å². The predicted octanol–water partition coefficient (Wildman–Crippen LogP) is 5.97. The van der Waals surface area contributed by atoms with Crippen LogP contribution in [0.1, 0.15) is 43.4 Å². The van der Waals surface area contributed by atoms with E-state index in [1.165, 1.54) is 11.1 Å². The molecule has 1 amide bonds. The molecule has 28 heavy (non-hydrogen) atoms. The zero-order chi connectivity index (χ0) is 20.1. The van der Waals surface area contributed by atoms with Crippen molar-refractivity contribution in [1.29, 1.82) is 0 Å². The molecular weight excluding hydrogens is 391 g/mol. The average Bonchev–Trinajstić information content (AvgIpc) is 2.70. The Hall–Kier alpha value is -1.55. The summed E-state index contributed by atoms with van der Waals surface area (Å²) in [6.45, 7) is 6.73.